The van der Waals surface area contributed by atoms with Crippen molar-refractivity contribution in [3.63, 3.8) is 0 Å². The number of carbonyl (C=O) groups is 1. The fourth-order valence-corrected chi connectivity index (χ4v) is 0.967. The fourth-order valence-electron chi connectivity index (χ4n) is 0.922. The van der Waals surface area contributed by atoms with E-state index >= 15 is 0 Å². The minimum atomic E-state index is -0.509. The molecule has 0 saturated carbocycles. The molecule has 0 aliphatic heterocycles. The molecule has 0 radical (unpaired) electrons. The van der Waals surface area contributed by atoms with Gasteiger partial charge in [-0.25, -0.2) is 4.98 Å². The number of carbonyl (C=O) groups excluding carboxylic acids is 1. The van der Waals surface area contributed by atoms with Crippen LogP contribution in [0.1, 0.15) is 10.5 Å². The molecule has 8 heteroatoms. The molecular weight excluding hydrogens is 230 g/mol. The molecule has 0 aromatic carbocycles. The Morgan fingerprint density at radius 2 is 2.38 bits per heavy atom. The van der Waals surface area contributed by atoms with Gasteiger partial charge in [0.25, 0.3) is 5.91 Å². The summed E-state index contributed by atoms with van der Waals surface area (Å²) in [5, 5.41) is 15.3. The Balaban J connectivity index is 2.69. The average Bonchev–Trinajstić information content (AvgIpc) is 2.27. The molecule has 2 N–H and O–H groups in total. The van der Waals surface area contributed by atoms with Crippen LogP contribution in [0.5, 0.6) is 0 Å². The van der Waals surface area contributed by atoms with Crippen LogP contribution in [0.2, 0.25) is 0 Å². The predicted octanol–water partition coefficient (Wildman–Crippen LogP) is -1.20. The summed E-state index contributed by atoms with van der Waals surface area (Å²) in [5.74, 6) is -0.509. The van der Waals surface area contributed by atoms with Gasteiger partial charge in [0.05, 0.1) is 6.20 Å². The molecule has 16 heavy (non-hydrogen) atoms. The molecule has 7 nitrogen and oxygen atoms in total. The summed E-state index contributed by atoms with van der Waals surface area (Å²) in [4.78, 5) is 15.3. The molecule has 1 rings (SSSR count). The monoisotopic (exact) mass is 241 g/mol. The molecule has 0 aliphatic rings. The van der Waals surface area contributed by atoms with Crippen molar-refractivity contribution in [2.75, 3.05) is 14.1 Å². The molecule has 0 unspecified atom stereocenters. The number of nitrogens with one attached hydrogen (secondary N) is 2. The van der Waals surface area contributed by atoms with Crippen molar-refractivity contribution >= 4 is 23.2 Å². The molecule has 0 atom stereocenters. The summed E-state index contributed by atoms with van der Waals surface area (Å²) in [6, 6.07) is 0. The van der Waals surface area contributed by atoms with E-state index in [1.807, 2.05) is 0 Å². The maximum atomic E-state index is 11.6. The summed E-state index contributed by atoms with van der Waals surface area (Å²) < 4.78 is 0.498. The maximum Gasteiger partial charge on any atom is 0.294 e. The summed E-state index contributed by atoms with van der Waals surface area (Å²) in [5.41, 5.74) is 2.47. The topological polar surface area (TPSA) is 84.2 Å². The van der Waals surface area contributed by atoms with E-state index in [2.05, 4.69) is 15.7 Å². The zero-order valence-electron chi connectivity index (χ0n) is 8.80. The first-order valence-electron chi connectivity index (χ1n) is 4.36. The number of hydrogen-bond acceptors (Lipinski definition) is 4. The molecule has 0 fully saturated rings. The molecule has 0 saturated heterocycles. The Morgan fingerprint density at radius 3 is 2.94 bits per heavy atom. The van der Waals surface area contributed by atoms with E-state index in [0.717, 1.165) is 6.20 Å². The number of thiocarbonyl (C=S) groups is 1. The van der Waals surface area contributed by atoms with Crippen LogP contribution < -0.4 is 15.5 Å². The third-order valence-corrected chi connectivity index (χ3v) is 2.18. The summed E-state index contributed by atoms with van der Waals surface area (Å²) in [7, 11) is 3.21. The molecule has 86 valence electrons. The van der Waals surface area contributed by atoms with Crippen molar-refractivity contribution in [2.45, 2.75) is 0 Å². The van der Waals surface area contributed by atoms with Crippen molar-refractivity contribution in [1.82, 2.24) is 20.7 Å². The lowest BCUT2D eigenvalue weighted by Gasteiger charge is -2.19. The average molecular weight is 241 g/mol. The molecule has 1 aromatic rings. The van der Waals surface area contributed by atoms with E-state index in [4.69, 9.17) is 12.2 Å². The minimum Gasteiger partial charge on any atom is -0.619 e. The standard InChI is InChI=1S/C8H11N5O2S/c1-9-8(16)12(2)11-7(14)6-5-13(15)4-3-10-6/h3-5H,1-2H3,(H,9,16)(H,11,14). The zero-order valence-corrected chi connectivity index (χ0v) is 9.61. The van der Waals surface area contributed by atoms with Gasteiger partial charge >= 0.3 is 0 Å². The largest absolute Gasteiger partial charge is 0.619 e. The van der Waals surface area contributed by atoms with Crippen molar-refractivity contribution in [2.24, 2.45) is 0 Å². The molecule has 1 amide bonds. The molecule has 0 aliphatic carbocycles. The van der Waals surface area contributed by atoms with Crippen LogP contribution in [-0.4, -0.2) is 35.1 Å². The Morgan fingerprint density at radius 1 is 1.69 bits per heavy atom. The second kappa shape index (κ2) is 5.21. The Kier molecular flexibility index (Phi) is 3.95. The number of hydrazine groups is 1. The molecule has 1 aromatic heterocycles. The van der Waals surface area contributed by atoms with E-state index in [-0.39, 0.29) is 5.69 Å². The molecular formula is C8H11N5O2S. The highest BCUT2D eigenvalue weighted by atomic mass is 32.1. The summed E-state index contributed by atoms with van der Waals surface area (Å²) >= 11 is 4.88. The summed E-state index contributed by atoms with van der Waals surface area (Å²) in [6.07, 6.45) is 3.52. The number of aromatic nitrogens is 2. The van der Waals surface area contributed by atoms with Gasteiger partial charge in [-0.3, -0.25) is 15.2 Å². The van der Waals surface area contributed by atoms with Crippen LogP contribution in [0.4, 0.5) is 0 Å². The first-order valence-corrected chi connectivity index (χ1v) is 4.76. The van der Waals surface area contributed by atoms with E-state index in [1.54, 1.807) is 14.1 Å². The number of amides is 1. The Labute approximate surface area is 97.6 Å². The fraction of sp³-hybridized carbons (Fsp3) is 0.250. The van der Waals surface area contributed by atoms with Gasteiger partial charge in [-0.15, -0.1) is 0 Å². The lowest BCUT2D eigenvalue weighted by Crippen LogP contribution is -2.47. The van der Waals surface area contributed by atoms with Crippen LogP contribution in [0.3, 0.4) is 0 Å². The smallest absolute Gasteiger partial charge is 0.294 e. The van der Waals surface area contributed by atoms with E-state index < -0.39 is 5.91 Å². The van der Waals surface area contributed by atoms with Gasteiger partial charge in [-0.2, -0.15) is 4.73 Å². The number of rotatable bonds is 1. The third-order valence-electron chi connectivity index (χ3n) is 1.70. The van der Waals surface area contributed by atoms with Crippen molar-refractivity contribution in [1.29, 1.82) is 0 Å². The first-order chi connectivity index (χ1) is 7.54. The summed E-state index contributed by atoms with van der Waals surface area (Å²) in [6.45, 7) is 0. The quantitative estimate of drug-likeness (QED) is 0.278. The third kappa shape index (κ3) is 3.02. The minimum absolute atomic E-state index is 0.0169. The SMILES string of the molecule is CNC(=S)N(C)NC(=O)c1c[n+]([O-])ccn1. The van der Waals surface area contributed by atoms with Crippen molar-refractivity contribution < 1.29 is 9.52 Å². The maximum absolute atomic E-state index is 11.6. The van der Waals surface area contributed by atoms with Crippen molar-refractivity contribution in [3.05, 3.63) is 29.5 Å². The number of nitrogens with zero attached hydrogens (tertiary/aromatic N) is 3. The van der Waals surface area contributed by atoms with Gasteiger partial charge in [-0.05, 0) is 12.2 Å². The molecule has 0 spiro atoms. The van der Waals surface area contributed by atoms with Gasteiger partial charge in [0, 0.05) is 14.1 Å². The van der Waals surface area contributed by atoms with Crippen LogP contribution in [-0.2, 0) is 0 Å². The lowest BCUT2D eigenvalue weighted by molar-refractivity contribution is -0.606. The Bertz CT molecular complexity index is 411. The normalized spacial score (nSPS) is 9.38. The second-order valence-corrected chi connectivity index (χ2v) is 3.24. The van der Waals surface area contributed by atoms with E-state index in [0.29, 0.717) is 9.84 Å². The van der Waals surface area contributed by atoms with Crippen molar-refractivity contribution in [3.8, 4) is 0 Å². The number of hydrogen-bond donors (Lipinski definition) is 2. The van der Waals surface area contributed by atoms with Crippen LogP contribution in [0.25, 0.3) is 0 Å². The van der Waals surface area contributed by atoms with Gasteiger partial charge in [0.2, 0.25) is 6.20 Å². The first kappa shape index (κ1) is 12.1. The predicted molar refractivity (Wildman–Crippen MR) is 60.1 cm³/mol. The van der Waals surface area contributed by atoms with Gasteiger partial charge < -0.3 is 10.5 Å². The van der Waals surface area contributed by atoms with E-state index in [1.165, 1.54) is 17.4 Å². The van der Waals surface area contributed by atoms with Crippen LogP contribution in [0, 0.1) is 5.21 Å². The highest BCUT2D eigenvalue weighted by Crippen LogP contribution is 1.89. The van der Waals surface area contributed by atoms with Gasteiger partial charge in [0.1, 0.15) is 0 Å². The van der Waals surface area contributed by atoms with Gasteiger partial charge in [0.15, 0.2) is 17.0 Å². The second-order valence-electron chi connectivity index (χ2n) is 2.86. The highest BCUT2D eigenvalue weighted by molar-refractivity contribution is 7.80. The van der Waals surface area contributed by atoms with Crippen LogP contribution in [0.15, 0.2) is 18.6 Å². The van der Waals surface area contributed by atoms with Gasteiger partial charge in [-0.1, -0.05) is 0 Å². The lowest BCUT2D eigenvalue weighted by atomic mass is 10.4. The molecule has 0 bridgehead atoms. The Hall–Kier alpha value is -1.96. The highest BCUT2D eigenvalue weighted by Gasteiger charge is 2.13. The zero-order chi connectivity index (χ0) is 12.1. The molecule has 1 heterocycles. The van der Waals surface area contributed by atoms with E-state index in [9.17, 15) is 10.0 Å². The van der Waals surface area contributed by atoms with Crippen LogP contribution >= 0.6 is 12.2 Å².